The zero-order chi connectivity index (χ0) is 19.6. The van der Waals surface area contributed by atoms with E-state index < -0.39 is 0 Å². The topological polar surface area (TPSA) is 76.7 Å². The molecule has 0 aliphatic heterocycles. The second kappa shape index (κ2) is 10.5. The number of hydrogen-bond donors (Lipinski definition) is 2. The Morgan fingerprint density at radius 3 is 2.79 bits per heavy atom. The lowest BCUT2D eigenvalue weighted by atomic mass is 10.2. The normalized spacial score (nSPS) is 11.7. The Morgan fingerprint density at radius 2 is 2.00 bits per heavy atom. The van der Waals surface area contributed by atoms with Gasteiger partial charge in [0.25, 0.3) is 0 Å². The fourth-order valence-electron chi connectivity index (χ4n) is 2.35. The van der Waals surface area contributed by atoms with Crippen molar-refractivity contribution in [3.05, 3.63) is 93.7 Å². The Labute approximate surface area is 173 Å². The molecule has 0 aliphatic carbocycles. The van der Waals surface area contributed by atoms with Crippen LogP contribution in [0, 0.1) is 0 Å². The van der Waals surface area contributed by atoms with Gasteiger partial charge in [-0.25, -0.2) is 9.97 Å². The molecule has 0 bridgehead atoms. The monoisotopic (exact) mass is 409 g/mol. The van der Waals surface area contributed by atoms with Gasteiger partial charge in [0.2, 0.25) is 5.95 Å². The first-order chi connectivity index (χ1) is 13.7. The maximum Gasteiger partial charge on any atom is 0.223 e. The number of nitrogens with one attached hydrogen (secondary N) is 1. The summed E-state index contributed by atoms with van der Waals surface area (Å²) in [5, 5.41) is 7.75. The van der Waals surface area contributed by atoms with E-state index in [0.717, 1.165) is 24.2 Å². The molecule has 0 amide bonds. The van der Waals surface area contributed by atoms with Crippen LogP contribution in [0.25, 0.3) is 11.8 Å². The molecule has 0 spiro atoms. The van der Waals surface area contributed by atoms with Gasteiger partial charge < -0.3 is 11.1 Å². The third-order valence-electron chi connectivity index (χ3n) is 3.79. The van der Waals surface area contributed by atoms with Gasteiger partial charge in [-0.15, -0.1) is 11.8 Å². The van der Waals surface area contributed by atoms with Crippen LogP contribution in [0.3, 0.4) is 0 Å². The molecule has 3 N–H and O–H groups in total. The summed E-state index contributed by atoms with van der Waals surface area (Å²) in [6, 6.07) is 13.3. The van der Waals surface area contributed by atoms with Gasteiger partial charge >= 0.3 is 0 Å². The average Bonchev–Trinajstić information content (AvgIpc) is 2.73. The van der Waals surface area contributed by atoms with Crippen LogP contribution in [0.15, 0.2) is 71.9 Å². The van der Waals surface area contributed by atoms with Crippen LogP contribution in [-0.2, 0) is 6.42 Å². The van der Waals surface area contributed by atoms with Gasteiger partial charge in [-0.1, -0.05) is 29.8 Å². The van der Waals surface area contributed by atoms with Crippen LogP contribution in [0.1, 0.15) is 16.8 Å². The minimum Gasteiger partial charge on any atom is -0.398 e. The highest BCUT2D eigenvalue weighted by Gasteiger charge is 1.98. The summed E-state index contributed by atoms with van der Waals surface area (Å²) in [4.78, 5) is 12.8. The highest BCUT2D eigenvalue weighted by molar-refractivity contribution is 8.05. The molecule has 2 heterocycles. The Bertz CT molecular complexity index is 943. The number of rotatable bonds is 8. The van der Waals surface area contributed by atoms with E-state index in [1.807, 2.05) is 59.5 Å². The first kappa shape index (κ1) is 19.9. The Balaban J connectivity index is 1.50. The summed E-state index contributed by atoms with van der Waals surface area (Å²) in [5.74, 6) is 0.604. The molecule has 0 saturated carbocycles. The van der Waals surface area contributed by atoms with Crippen molar-refractivity contribution in [1.29, 1.82) is 0 Å². The van der Waals surface area contributed by atoms with Crippen molar-refractivity contribution < 1.29 is 0 Å². The lowest BCUT2D eigenvalue weighted by Gasteiger charge is -2.05. The minimum absolute atomic E-state index is 0.604. The number of aromatic nitrogens is 3. The van der Waals surface area contributed by atoms with Crippen molar-refractivity contribution in [2.45, 2.75) is 6.42 Å². The molecule has 0 aliphatic rings. The molecule has 3 rings (SSSR count). The predicted octanol–water partition coefficient (Wildman–Crippen LogP) is 4.84. The molecular formula is C21H20ClN5S. The summed E-state index contributed by atoms with van der Waals surface area (Å²) in [6.07, 6.45) is 8.15. The standard InChI is InChI=1S/C21H20ClN5S/c22-18-5-3-17(4-6-18)20(23)15-28-13-9-19-8-12-26-21(27-19)25-11-7-16-2-1-10-24-14-16/h1-6,8-10,12-15H,7,11,23H2,(H,25,26,27)/b13-9-,20-15-. The Morgan fingerprint density at radius 1 is 1.14 bits per heavy atom. The molecule has 142 valence electrons. The van der Waals surface area contributed by atoms with Crippen molar-refractivity contribution in [1.82, 2.24) is 15.0 Å². The molecule has 0 radical (unpaired) electrons. The summed E-state index contributed by atoms with van der Waals surface area (Å²) >= 11 is 7.38. The van der Waals surface area contributed by atoms with Gasteiger partial charge in [0.15, 0.2) is 0 Å². The largest absolute Gasteiger partial charge is 0.398 e. The maximum atomic E-state index is 6.07. The van der Waals surface area contributed by atoms with E-state index in [9.17, 15) is 0 Å². The molecule has 1 aromatic carbocycles. The van der Waals surface area contributed by atoms with Crippen LogP contribution in [0.2, 0.25) is 5.02 Å². The van der Waals surface area contributed by atoms with Crippen molar-refractivity contribution in [3.63, 3.8) is 0 Å². The molecule has 2 aromatic heterocycles. The van der Waals surface area contributed by atoms with E-state index in [1.54, 1.807) is 12.4 Å². The van der Waals surface area contributed by atoms with E-state index in [1.165, 1.54) is 17.3 Å². The fourth-order valence-corrected chi connectivity index (χ4v) is 3.05. The number of nitrogens with zero attached hydrogens (tertiary/aromatic N) is 3. The van der Waals surface area contributed by atoms with Gasteiger partial charge in [0, 0.05) is 35.9 Å². The van der Waals surface area contributed by atoms with Crippen LogP contribution in [-0.4, -0.2) is 21.5 Å². The van der Waals surface area contributed by atoms with Crippen LogP contribution < -0.4 is 11.1 Å². The number of pyridine rings is 1. The molecule has 0 atom stereocenters. The minimum atomic E-state index is 0.604. The highest BCUT2D eigenvalue weighted by atomic mass is 35.5. The van der Waals surface area contributed by atoms with Gasteiger partial charge in [-0.3, -0.25) is 4.98 Å². The Kier molecular flexibility index (Phi) is 7.46. The molecule has 0 unspecified atom stereocenters. The van der Waals surface area contributed by atoms with Gasteiger partial charge in [0.1, 0.15) is 0 Å². The lowest BCUT2D eigenvalue weighted by Crippen LogP contribution is -2.08. The molecular weight excluding hydrogens is 390 g/mol. The molecule has 5 nitrogen and oxygen atoms in total. The van der Waals surface area contributed by atoms with Crippen molar-refractivity contribution in [2.75, 3.05) is 11.9 Å². The zero-order valence-corrected chi connectivity index (χ0v) is 16.7. The summed E-state index contributed by atoms with van der Waals surface area (Å²) in [7, 11) is 0. The van der Waals surface area contributed by atoms with E-state index in [-0.39, 0.29) is 0 Å². The van der Waals surface area contributed by atoms with Crippen molar-refractivity contribution in [3.8, 4) is 0 Å². The van der Waals surface area contributed by atoms with E-state index in [4.69, 9.17) is 17.3 Å². The SMILES string of the molecule is N/C(=C\S/C=C\c1ccnc(NCCc2cccnc2)n1)c1ccc(Cl)cc1. The van der Waals surface area contributed by atoms with Crippen molar-refractivity contribution in [2.24, 2.45) is 5.73 Å². The number of anilines is 1. The third-order valence-corrected chi connectivity index (χ3v) is 4.72. The van der Waals surface area contributed by atoms with Crippen LogP contribution in [0.4, 0.5) is 5.95 Å². The summed E-state index contributed by atoms with van der Waals surface area (Å²) in [6.45, 7) is 0.744. The lowest BCUT2D eigenvalue weighted by molar-refractivity contribution is 0.972. The number of nitrogens with two attached hydrogens (primary N) is 1. The van der Waals surface area contributed by atoms with Crippen molar-refractivity contribution >= 4 is 41.1 Å². The number of hydrogen-bond acceptors (Lipinski definition) is 6. The maximum absolute atomic E-state index is 6.07. The molecule has 3 aromatic rings. The first-order valence-corrected chi connectivity index (χ1v) is 10.0. The third kappa shape index (κ3) is 6.40. The second-order valence-corrected chi connectivity index (χ2v) is 7.08. The first-order valence-electron chi connectivity index (χ1n) is 8.70. The number of benzene rings is 1. The van der Waals surface area contributed by atoms with Crippen LogP contribution >= 0.6 is 23.4 Å². The predicted molar refractivity (Wildman–Crippen MR) is 119 cm³/mol. The van der Waals surface area contributed by atoms with Gasteiger partial charge in [-0.05, 0) is 58.7 Å². The van der Waals surface area contributed by atoms with Crippen LogP contribution in [0.5, 0.6) is 0 Å². The summed E-state index contributed by atoms with van der Waals surface area (Å²) in [5.41, 5.74) is 9.70. The number of halogens is 1. The Hall–Kier alpha value is -2.83. The molecule has 7 heteroatoms. The van der Waals surface area contributed by atoms with E-state index in [2.05, 4.69) is 26.3 Å². The zero-order valence-electron chi connectivity index (χ0n) is 15.1. The summed E-state index contributed by atoms with van der Waals surface area (Å²) < 4.78 is 0. The quantitative estimate of drug-likeness (QED) is 0.554. The molecule has 28 heavy (non-hydrogen) atoms. The van der Waals surface area contributed by atoms with Gasteiger partial charge in [0.05, 0.1) is 5.69 Å². The highest BCUT2D eigenvalue weighted by Crippen LogP contribution is 2.18. The number of thioether (sulfide) groups is 1. The molecule has 0 saturated heterocycles. The fraction of sp³-hybridized carbons (Fsp3) is 0.0952. The second-order valence-electron chi connectivity index (χ2n) is 5.86. The van der Waals surface area contributed by atoms with Gasteiger partial charge in [-0.2, -0.15) is 0 Å². The van der Waals surface area contributed by atoms with E-state index >= 15 is 0 Å². The average molecular weight is 410 g/mol. The molecule has 0 fully saturated rings. The smallest absolute Gasteiger partial charge is 0.223 e. The van der Waals surface area contributed by atoms with E-state index in [0.29, 0.717) is 16.7 Å².